The van der Waals surface area contributed by atoms with Crippen LogP contribution in [0.5, 0.6) is 11.5 Å². The van der Waals surface area contributed by atoms with Crippen LogP contribution in [0.4, 0.5) is 4.39 Å². The number of carbonyl (C=O) groups excluding carboxylic acids is 1. The van der Waals surface area contributed by atoms with Crippen LogP contribution in [0.25, 0.3) is 5.69 Å². The fourth-order valence-corrected chi connectivity index (χ4v) is 4.69. The van der Waals surface area contributed by atoms with Crippen LogP contribution in [-0.2, 0) is 4.74 Å². The fourth-order valence-electron chi connectivity index (χ4n) is 4.69. The lowest BCUT2D eigenvalue weighted by Crippen LogP contribution is -2.43. The SMILES string of the molecule is COc1ccc(C(CNC(=O)c2cc(C)n(-c3ccccc3F)c2C)N2CCOCC2)cc1OC. The summed E-state index contributed by atoms with van der Waals surface area (Å²) in [4.78, 5) is 15.6. The summed E-state index contributed by atoms with van der Waals surface area (Å²) in [6, 6.07) is 14.1. The zero-order chi connectivity index (χ0) is 24.9. The molecular weight excluding hydrogens is 449 g/mol. The molecule has 1 aliphatic heterocycles. The van der Waals surface area contributed by atoms with Gasteiger partial charge in [0.1, 0.15) is 5.82 Å². The Hall–Kier alpha value is -3.36. The van der Waals surface area contributed by atoms with Crippen LogP contribution < -0.4 is 14.8 Å². The van der Waals surface area contributed by atoms with E-state index in [0.717, 1.165) is 24.3 Å². The number of morpholine rings is 1. The summed E-state index contributed by atoms with van der Waals surface area (Å²) in [7, 11) is 3.22. The number of hydrogen-bond acceptors (Lipinski definition) is 5. The molecule has 0 bridgehead atoms. The van der Waals surface area contributed by atoms with Crippen LogP contribution in [0.3, 0.4) is 0 Å². The summed E-state index contributed by atoms with van der Waals surface area (Å²) in [6.45, 7) is 6.91. The number of hydrogen-bond donors (Lipinski definition) is 1. The molecule has 0 spiro atoms. The Labute approximate surface area is 205 Å². The third-order valence-corrected chi connectivity index (χ3v) is 6.50. The Morgan fingerprint density at radius 2 is 1.77 bits per heavy atom. The zero-order valence-corrected chi connectivity index (χ0v) is 20.6. The Kier molecular flexibility index (Phi) is 7.73. The first-order chi connectivity index (χ1) is 16.9. The molecule has 0 saturated carbocycles. The second kappa shape index (κ2) is 10.9. The molecule has 186 valence electrons. The Bertz CT molecular complexity index is 1190. The van der Waals surface area contributed by atoms with Gasteiger partial charge in [-0.25, -0.2) is 4.39 Å². The van der Waals surface area contributed by atoms with Crippen molar-refractivity contribution in [2.75, 3.05) is 47.1 Å². The highest BCUT2D eigenvalue weighted by Gasteiger charge is 2.26. The second-order valence-electron chi connectivity index (χ2n) is 8.56. The van der Waals surface area contributed by atoms with E-state index in [1.54, 1.807) is 43.1 Å². The molecule has 2 heterocycles. The average molecular weight is 482 g/mol. The predicted molar refractivity (Wildman–Crippen MR) is 132 cm³/mol. The monoisotopic (exact) mass is 481 g/mol. The Balaban J connectivity index is 1.58. The standard InChI is InChI=1S/C27H32FN3O4/c1-18-15-21(19(2)31(18)23-8-6-5-7-22(23)28)27(32)29-17-24(30-11-13-35-14-12-30)20-9-10-25(33-3)26(16-20)34-4/h5-10,15-16,24H,11-14,17H2,1-4H3,(H,29,32). The minimum Gasteiger partial charge on any atom is -0.493 e. The molecule has 1 atom stereocenters. The number of aromatic nitrogens is 1. The van der Waals surface area contributed by atoms with E-state index in [1.807, 2.05) is 32.0 Å². The van der Waals surface area contributed by atoms with E-state index in [1.165, 1.54) is 6.07 Å². The number of amides is 1. The largest absolute Gasteiger partial charge is 0.493 e. The van der Waals surface area contributed by atoms with E-state index in [2.05, 4.69) is 10.2 Å². The van der Waals surface area contributed by atoms with Crippen molar-refractivity contribution < 1.29 is 23.4 Å². The van der Waals surface area contributed by atoms with Crippen molar-refractivity contribution in [2.24, 2.45) is 0 Å². The highest BCUT2D eigenvalue weighted by Crippen LogP contribution is 2.32. The van der Waals surface area contributed by atoms with Crippen LogP contribution in [-0.4, -0.2) is 62.4 Å². The smallest absolute Gasteiger partial charge is 0.253 e. The molecule has 1 unspecified atom stereocenters. The average Bonchev–Trinajstić information content (AvgIpc) is 3.18. The molecule has 8 heteroatoms. The molecule has 0 aliphatic carbocycles. The Morgan fingerprint density at radius 1 is 1.06 bits per heavy atom. The highest BCUT2D eigenvalue weighted by molar-refractivity contribution is 5.96. The van der Waals surface area contributed by atoms with Gasteiger partial charge in [0.25, 0.3) is 5.91 Å². The number of halogens is 1. The second-order valence-corrected chi connectivity index (χ2v) is 8.56. The number of para-hydroxylation sites is 1. The highest BCUT2D eigenvalue weighted by atomic mass is 19.1. The molecule has 1 saturated heterocycles. The van der Waals surface area contributed by atoms with Crippen molar-refractivity contribution >= 4 is 5.91 Å². The molecule has 1 aliphatic rings. The molecule has 1 N–H and O–H groups in total. The minimum atomic E-state index is -0.331. The predicted octanol–water partition coefficient (Wildman–Crippen LogP) is 4.05. The normalized spacial score (nSPS) is 15.0. The van der Waals surface area contributed by atoms with E-state index >= 15 is 0 Å². The van der Waals surface area contributed by atoms with E-state index < -0.39 is 0 Å². The summed E-state index contributed by atoms with van der Waals surface area (Å²) in [5.41, 5.74) is 3.46. The van der Waals surface area contributed by atoms with Crippen LogP contribution in [0.2, 0.25) is 0 Å². The van der Waals surface area contributed by atoms with Crippen LogP contribution in [0, 0.1) is 19.7 Å². The van der Waals surface area contributed by atoms with Gasteiger partial charge in [-0.15, -0.1) is 0 Å². The Morgan fingerprint density at radius 3 is 2.46 bits per heavy atom. The first-order valence-electron chi connectivity index (χ1n) is 11.7. The van der Waals surface area contributed by atoms with Gasteiger partial charge in [0.05, 0.1) is 44.7 Å². The van der Waals surface area contributed by atoms with E-state index in [0.29, 0.717) is 48.2 Å². The van der Waals surface area contributed by atoms with Gasteiger partial charge in [-0.2, -0.15) is 0 Å². The summed E-state index contributed by atoms with van der Waals surface area (Å²) >= 11 is 0. The number of benzene rings is 2. The summed E-state index contributed by atoms with van der Waals surface area (Å²) in [5, 5.41) is 3.11. The lowest BCUT2D eigenvalue weighted by molar-refractivity contribution is 0.0162. The fraction of sp³-hybridized carbons (Fsp3) is 0.370. The van der Waals surface area contributed by atoms with Gasteiger partial charge in [0.15, 0.2) is 11.5 Å². The summed E-state index contributed by atoms with van der Waals surface area (Å²) in [5.74, 6) is 0.770. The maximum absolute atomic E-state index is 14.5. The number of nitrogens with zero attached hydrogens (tertiary/aromatic N) is 2. The van der Waals surface area contributed by atoms with Gasteiger partial charge in [-0.3, -0.25) is 9.69 Å². The van der Waals surface area contributed by atoms with Crippen molar-refractivity contribution in [3.05, 3.63) is 76.9 Å². The summed E-state index contributed by atoms with van der Waals surface area (Å²) < 4.78 is 32.7. The van der Waals surface area contributed by atoms with Crippen molar-refractivity contribution in [1.29, 1.82) is 0 Å². The number of ether oxygens (including phenoxy) is 3. The quantitative estimate of drug-likeness (QED) is 0.526. The molecule has 1 aromatic heterocycles. The van der Waals surface area contributed by atoms with Gasteiger partial charge in [-0.1, -0.05) is 18.2 Å². The maximum Gasteiger partial charge on any atom is 0.253 e. The van der Waals surface area contributed by atoms with E-state index in [4.69, 9.17) is 14.2 Å². The molecular formula is C27H32FN3O4. The van der Waals surface area contributed by atoms with Gasteiger partial charge in [-0.05, 0) is 49.7 Å². The first kappa shape index (κ1) is 24.8. The van der Waals surface area contributed by atoms with E-state index in [9.17, 15) is 9.18 Å². The lowest BCUT2D eigenvalue weighted by atomic mass is 10.0. The van der Waals surface area contributed by atoms with Crippen molar-refractivity contribution in [1.82, 2.24) is 14.8 Å². The molecule has 4 rings (SSSR count). The molecule has 7 nitrogen and oxygen atoms in total. The molecule has 1 amide bonds. The molecule has 1 fully saturated rings. The maximum atomic E-state index is 14.5. The van der Waals surface area contributed by atoms with Crippen LogP contribution in [0.1, 0.15) is 33.4 Å². The number of nitrogens with one attached hydrogen (secondary N) is 1. The van der Waals surface area contributed by atoms with Crippen LogP contribution >= 0.6 is 0 Å². The molecule has 3 aromatic rings. The number of rotatable bonds is 8. The topological polar surface area (TPSA) is 65.0 Å². The first-order valence-corrected chi connectivity index (χ1v) is 11.7. The van der Waals surface area contributed by atoms with Crippen LogP contribution in [0.15, 0.2) is 48.5 Å². The van der Waals surface area contributed by atoms with Gasteiger partial charge < -0.3 is 24.1 Å². The number of methoxy groups -OCH3 is 2. The lowest BCUT2D eigenvalue weighted by Gasteiger charge is -2.35. The van der Waals surface area contributed by atoms with Gasteiger partial charge in [0, 0.05) is 31.0 Å². The van der Waals surface area contributed by atoms with Crippen molar-refractivity contribution in [2.45, 2.75) is 19.9 Å². The zero-order valence-electron chi connectivity index (χ0n) is 20.6. The van der Waals surface area contributed by atoms with Crippen molar-refractivity contribution in [3.8, 4) is 17.2 Å². The molecule has 2 aromatic carbocycles. The summed E-state index contributed by atoms with van der Waals surface area (Å²) in [6.07, 6.45) is 0. The van der Waals surface area contributed by atoms with Gasteiger partial charge in [0.2, 0.25) is 0 Å². The number of carbonyl (C=O) groups is 1. The third-order valence-electron chi connectivity index (χ3n) is 6.50. The molecule has 0 radical (unpaired) electrons. The third kappa shape index (κ3) is 5.18. The van der Waals surface area contributed by atoms with Crippen molar-refractivity contribution in [3.63, 3.8) is 0 Å². The van der Waals surface area contributed by atoms with Gasteiger partial charge >= 0.3 is 0 Å². The molecule has 35 heavy (non-hydrogen) atoms. The number of aryl methyl sites for hydroxylation is 1. The van der Waals surface area contributed by atoms with E-state index in [-0.39, 0.29) is 17.8 Å². The minimum absolute atomic E-state index is 0.0716.